The van der Waals surface area contributed by atoms with Crippen molar-refractivity contribution in [3.8, 4) is 11.5 Å². The van der Waals surface area contributed by atoms with E-state index in [1.54, 1.807) is 49.6 Å². The fourth-order valence-corrected chi connectivity index (χ4v) is 4.85. The summed E-state index contributed by atoms with van der Waals surface area (Å²) in [6.45, 7) is 0. The fourth-order valence-electron chi connectivity index (χ4n) is 3.82. The Kier molecular flexibility index (Phi) is 5.10. The zero-order valence-corrected chi connectivity index (χ0v) is 18.5. The molecular weight excluding hydrogens is 444 g/mol. The third-order valence-electron chi connectivity index (χ3n) is 5.40. The second-order valence-electron chi connectivity index (χ2n) is 7.25. The summed E-state index contributed by atoms with van der Waals surface area (Å²) < 4.78 is 16.7. The van der Waals surface area contributed by atoms with Crippen molar-refractivity contribution in [3.05, 3.63) is 83.5 Å². The van der Waals surface area contributed by atoms with Crippen LogP contribution in [0.2, 0.25) is 0 Å². The van der Waals surface area contributed by atoms with Crippen molar-refractivity contribution in [1.29, 1.82) is 0 Å². The van der Waals surface area contributed by atoms with Gasteiger partial charge in [-0.15, -0.1) is 0 Å². The van der Waals surface area contributed by atoms with Crippen LogP contribution < -0.4 is 14.4 Å². The molecule has 1 unspecified atom stereocenters. The number of amides is 1. The van der Waals surface area contributed by atoms with Crippen LogP contribution in [0.15, 0.2) is 76.6 Å². The summed E-state index contributed by atoms with van der Waals surface area (Å²) in [7, 11) is 3.10. The molecule has 0 fully saturated rings. The van der Waals surface area contributed by atoms with Crippen LogP contribution in [0.3, 0.4) is 0 Å². The molecule has 0 bridgehead atoms. The first-order valence-electron chi connectivity index (χ1n) is 9.95. The van der Waals surface area contributed by atoms with E-state index in [9.17, 15) is 14.7 Å². The first kappa shape index (κ1) is 20.8. The molecule has 9 heteroatoms. The predicted octanol–water partition coefficient (Wildman–Crippen LogP) is 4.69. The molecule has 33 heavy (non-hydrogen) atoms. The van der Waals surface area contributed by atoms with Crippen LogP contribution >= 0.6 is 11.3 Å². The SMILES string of the molecule is COc1cccc(C2C(C(=O)c3ccco3)=C(O)C(=O)N2c2nc3ccc(OC)cc3s2)c1. The van der Waals surface area contributed by atoms with Crippen molar-refractivity contribution in [2.75, 3.05) is 19.1 Å². The maximum atomic E-state index is 13.3. The summed E-state index contributed by atoms with van der Waals surface area (Å²) in [6.07, 6.45) is 1.36. The molecular formula is C24H18N2O6S. The van der Waals surface area contributed by atoms with Gasteiger partial charge in [-0.3, -0.25) is 14.5 Å². The van der Waals surface area contributed by atoms with Gasteiger partial charge in [-0.05, 0) is 48.0 Å². The molecule has 1 aliphatic heterocycles. The first-order valence-corrected chi connectivity index (χ1v) is 10.8. The van der Waals surface area contributed by atoms with Gasteiger partial charge in [-0.1, -0.05) is 23.5 Å². The molecule has 2 aromatic heterocycles. The molecule has 166 valence electrons. The normalized spacial score (nSPS) is 16.0. The van der Waals surface area contributed by atoms with Gasteiger partial charge in [0.05, 0.1) is 42.3 Å². The van der Waals surface area contributed by atoms with E-state index in [1.807, 2.05) is 6.07 Å². The lowest BCUT2D eigenvalue weighted by Gasteiger charge is -2.24. The molecule has 0 radical (unpaired) electrons. The number of rotatable bonds is 6. The number of benzene rings is 2. The lowest BCUT2D eigenvalue weighted by molar-refractivity contribution is -0.117. The number of carbonyl (C=O) groups is 2. The number of ether oxygens (including phenoxy) is 2. The van der Waals surface area contributed by atoms with Crippen LogP contribution in [-0.2, 0) is 4.79 Å². The Morgan fingerprint density at radius 1 is 1.09 bits per heavy atom. The van der Waals surface area contributed by atoms with Crippen LogP contribution in [0.1, 0.15) is 22.2 Å². The lowest BCUT2D eigenvalue weighted by Crippen LogP contribution is -2.31. The van der Waals surface area contributed by atoms with Gasteiger partial charge in [-0.2, -0.15) is 0 Å². The molecule has 1 N–H and O–H groups in total. The van der Waals surface area contributed by atoms with E-state index < -0.39 is 23.5 Å². The predicted molar refractivity (Wildman–Crippen MR) is 122 cm³/mol. The van der Waals surface area contributed by atoms with Crippen molar-refractivity contribution in [2.24, 2.45) is 0 Å². The zero-order valence-electron chi connectivity index (χ0n) is 17.6. The molecule has 8 nitrogen and oxygen atoms in total. The number of ketones is 1. The minimum absolute atomic E-state index is 0.0214. The number of nitrogens with zero attached hydrogens (tertiary/aromatic N) is 2. The Balaban J connectivity index is 1.68. The first-order chi connectivity index (χ1) is 16.0. The number of hydrogen-bond acceptors (Lipinski definition) is 8. The molecule has 0 saturated carbocycles. The monoisotopic (exact) mass is 462 g/mol. The molecule has 1 atom stereocenters. The van der Waals surface area contributed by atoms with E-state index in [4.69, 9.17) is 13.9 Å². The molecule has 3 heterocycles. The highest BCUT2D eigenvalue weighted by Gasteiger charge is 2.46. The molecule has 4 aromatic rings. The van der Waals surface area contributed by atoms with Gasteiger partial charge in [-0.25, -0.2) is 4.98 Å². The quantitative estimate of drug-likeness (QED) is 0.415. The Morgan fingerprint density at radius 3 is 2.61 bits per heavy atom. The zero-order chi connectivity index (χ0) is 23.1. The van der Waals surface area contributed by atoms with Gasteiger partial charge >= 0.3 is 0 Å². The minimum atomic E-state index is -0.923. The molecule has 5 rings (SSSR count). The number of Topliss-reactive ketones (excluding diaryl/α,β-unsaturated/α-hetero) is 1. The third kappa shape index (κ3) is 3.42. The van der Waals surface area contributed by atoms with Crippen LogP contribution in [-0.4, -0.2) is 36.0 Å². The van der Waals surface area contributed by atoms with Gasteiger partial charge in [0.1, 0.15) is 11.5 Å². The number of fused-ring (bicyclic) bond motifs is 1. The summed E-state index contributed by atoms with van der Waals surface area (Å²) in [5.41, 5.74) is 1.16. The molecule has 0 saturated heterocycles. The van der Waals surface area contributed by atoms with Crippen molar-refractivity contribution >= 4 is 38.4 Å². The topological polar surface area (TPSA) is 102 Å². The average Bonchev–Trinajstić information content (AvgIpc) is 3.57. The number of aromatic nitrogens is 1. The van der Waals surface area contributed by atoms with Gasteiger partial charge < -0.3 is 19.0 Å². The average molecular weight is 462 g/mol. The number of aliphatic hydroxyl groups is 1. The summed E-state index contributed by atoms with van der Waals surface area (Å²) in [5.74, 6) is -0.712. The maximum Gasteiger partial charge on any atom is 0.296 e. The Morgan fingerprint density at radius 2 is 1.88 bits per heavy atom. The number of carbonyl (C=O) groups excluding carboxylic acids is 2. The van der Waals surface area contributed by atoms with E-state index in [1.165, 1.54) is 35.7 Å². The van der Waals surface area contributed by atoms with Crippen molar-refractivity contribution in [2.45, 2.75) is 6.04 Å². The minimum Gasteiger partial charge on any atom is -0.503 e. The molecule has 2 aromatic carbocycles. The van der Waals surface area contributed by atoms with E-state index >= 15 is 0 Å². The van der Waals surface area contributed by atoms with Gasteiger partial charge in [0, 0.05) is 0 Å². The van der Waals surface area contributed by atoms with Crippen molar-refractivity contribution in [1.82, 2.24) is 4.98 Å². The smallest absolute Gasteiger partial charge is 0.296 e. The summed E-state index contributed by atoms with van der Waals surface area (Å²) in [6, 6.07) is 14.5. The highest BCUT2D eigenvalue weighted by Crippen LogP contribution is 2.45. The lowest BCUT2D eigenvalue weighted by atomic mass is 9.95. The number of furan rings is 1. The fraction of sp³-hybridized carbons (Fsp3) is 0.125. The molecule has 0 spiro atoms. The van der Waals surface area contributed by atoms with Gasteiger partial charge in [0.15, 0.2) is 16.7 Å². The molecule has 1 amide bonds. The number of aliphatic hydroxyl groups excluding tert-OH is 1. The Hall–Kier alpha value is -4.11. The molecule has 0 aliphatic carbocycles. The number of thiazole rings is 1. The second kappa shape index (κ2) is 8.10. The highest BCUT2D eigenvalue weighted by atomic mass is 32.1. The highest BCUT2D eigenvalue weighted by molar-refractivity contribution is 7.22. The van der Waals surface area contributed by atoms with E-state index in [0.717, 1.165) is 4.70 Å². The standard InChI is InChI=1S/C24H18N2O6S/c1-30-14-6-3-5-13(11-14)20-19(21(27)17-7-4-10-32-17)22(28)23(29)26(20)24-25-16-9-8-15(31-2)12-18(16)33-24/h3-12,20,28H,1-2H3. The number of anilines is 1. The Bertz CT molecular complexity index is 1410. The van der Waals surface area contributed by atoms with Crippen molar-refractivity contribution in [3.63, 3.8) is 0 Å². The van der Waals surface area contributed by atoms with Gasteiger partial charge in [0.25, 0.3) is 5.91 Å². The summed E-state index contributed by atoms with van der Waals surface area (Å²) in [5, 5.41) is 11.2. The maximum absolute atomic E-state index is 13.3. The van der Waals surface area contributed by atoms with Crippen LogP contribution in [0.4, 0.5) is 5.13 Å². The van der Waals surface area contributed by atoms with Crippen LogP contribution in [0, 0.1) is 0 Å². The van der Waals surface area contributed by atoms with Gasteiger partial charge in [0.2, 0.25) is 5.78 Å². The second-order valence-corrected chi connectivity index (χ2v) is 8.26. The van der Waals surface area contributed by atoms with Crippen LogP contribution in [0.5, 0.6) is 11.5 Å². The van der Waals surface area contributed by atoms with E-state index in [-0.39, 0.29) is 11.3 Å². The van der Waals surface area contributed by atoms with E-state index in [2.05, 4.69) is 4.98 Å². The van der Waals surface area contributed by atoms with Crippen LogP contribution in [0.25, 0.3) is 10.2 Å². The Labute approximate surface area is 192 Å². The number of hydrogen-bond donors (Lipinski definition) is 1. The molecule has 1 aliphatic rings. The van der Waals surface area contributed by atoms with E-state index in [0.29, 0.717) is 27.7 Å². The summed E-state index contributed by atoms with van der Waals surface area (Å²) in [4.78, 5) is 32.5. The largest absolute Gasteiger partial charge is 0.503 e. The van der Waals surface area contributed by atoms with Crippen molar-refractivity contribution < 1.29 is 28.6 Å². The third-order valence-corrected chi connectivity index (χ3v) is 6.42. The number of methoxy groups -OCH3 is 2. The summed E-state index contributed by atoms with van der Waals surface area (Å²) >= 11 is 1.26.